The summed E-state index contributed by atoms with van der Waals surface area (Å²) in [6.07, 6.45) is 9.37. The van der Waals surface area contributed by atoms with Crippen LogP contribution in [-0.2, 0) is 4.74 Å². The van der Waals surface area contributed by atoms with Crippen molar-refractivity contribution in [1.82, 2.24) is 19.7 Å². The van der Waals surface area contributed by atoms with Gasteiger partial charge in [0.2, 0.25) is 11.8 Å². The molecule has 1 aliphatic heterocycles. The molecule has 1 aliphatic carbocycles. The van der Waals surface area contributed by atoms with E-state index >= 15 is 0 Å². The number of hydrogen-bond acceptors (Lipinski definition) is 6. The first-order valence-electron chi connectivity index (χ1n) is 9.21. The van der Waals surface area contributed by atoms with Crippen LogP contribution in [0.3, 0.4) is 0 Å². The molecule has 8 heteroatoms. The quantitative estimate of drug-likeness (QED) is 0.851. The van der Waals surface area contributed by atoms with Gasteiger partial charge in [0.05, 0.1) is 43.9 Å². The van der Waals surface area contributed by atoms with Gasteiger partial charge in [-0.15, -0.1) is 0 Å². The third-order valence-corrected chi connectivity index (χ3v) is 5.16. The predicted molar refractivity (Wildman–Crippen MR) is 94.0 cm³/mol. The molecule has 1 saturated carbocycles. The molecule has 26 heavy (non-hydrogen) atoms. The fourth-order valence-corrected chi connectivity index (χ4v) is 3.31. The van der Waals surface area contributed by atoms with E-state index in [1.807, 2.05) is 10.9 Å². The summed E-state index contributed by atoms with van der Waals surface area (Å²) >= 11 is 0. The first kappa shape index (κ1) is 17.2. The summed E-state index contributed by atoms with van der Waals surface area (Å²) in [5.41, 5.74) is 0.746. The second-order valence-electron chi connectivity index (χ2n) is 7.31. The van der Waals surface area contributed by atoms with Crippen LogP contribution in [-0.4, -0.2) is 39.6 Å². The molecule has 3 heterocycles. The smallest absolute Gasteiger partial charge is 0.255 e. The van der Waals surface area contributed by atoms with Gasteiger partial charge in [-0.3, -0.25) is 4.68 Å². The number of nitrogens with zero attached hydrogens (tertiary/aromatic N) is 4. The molecule has 0 amide bonds. The number of rotatable bonds is 6. The summed E-state index contributed by atoms with van der Waals surface area (Å²) in [5.74, 6) is 1.01. The van der Waals surface area contributed by atoms with Crippen molar-refractivity contribution in [1.29, 1.82) is 0 Å². The Kier molecular flexibility index (Phi) is 5.01. The molecular weight excluding hydrogens is 337 g/mol. The van der Waals surface area contributed by atoms with Gasteiger partial charge in [-0.2, -0.15) is 14.5 Å². The molecule has 0 spiro atoms. The van der Waals surface area contributed by atoms with Crippen LogP contribution in [0.1, 0.15) is 38.6 Å². The largest absolute Gasteiger partial charge is 0.475 e. The van der Waals surface area contributed by atoms with Crippen LogP contribution in [0.2, 0.25) is 0 Å². The number of nitrogens with one attached hydrogen (secondary N) is 1. The van der Waals surface area contributed by atoms with E-state index in [9.17, 15) is 4.39 Å². The van der Waals surface area contributed by atoms with Gasteiger partial charge >= 0.3 is 0 Å². The van der Waals surface area contributed by atoms with Crippen molar-refractivity contribution in [3.05, 3.63) is 24.4 Å². The first-order valence-corrected chi connectivity index (χ1v) is 9.21. The molecule has 2 aliphatic rings. The van der Waals surface area contributed by atoms with Crippen LogP contribution in [0.25, 0.3) is 0 Å². The maximum atomic E-state index is 14.0. The Morgan fingerprint density at radius 1 is 1.27 bits per heavy atom. The predicted octanol–water partition coefficient (Wildman–Crippen LogP) is 3.33. The van der Waals surface area contributed by atoms with Crippen molar-refractivity contribution in [3.8, 4) is 5.88 Å². The maximum absolute atomic E-state index is 14.0. The van der Waals surface area contributed by atoms with Gasteiger partial charge in [-0.25, -0.2) is 4.98 Å². The average Bonchev–Trinajstić information content (AvgIpc) is 3.03. The van der Waals surface area contributed by atoms with Crippen LogP contribution < -0.4 is 10.1 Å². The summed E-state index contributed by atoms with van der Waals surface area (Å²) in [4.78, 5) is 8.16. The number of halogens is 1. The van der Waals surface area contributed by atoms with E-state index in [0.717, 1.165) is 30.6 Å². The van der Waals surface area contributed by atoms with Crippen molar-refractivity contribution in [2.75, 3.05) is 25.1 Å². The Hall–Kier alpha value is -2.22. The van der Waals surface area contributed by atoms with E-state index in [1.165, 1.54) is 12.8 Å². The fraction of sp³-hybridized carbons (Fsp3) is 0.611. The van der Waals surface area contributed by atoms with Crippen LogP contribution in [0.5, 0.6) is 5.88 Å². The number of hydrogen-bond donors (Lipinski definition) is 1. The molecule has 1 saturated heterocycles. The summed E-state index contributed by atoms with van der Waals surface area (Å²) in [6.45, 7) is 4.12. The zero-order chi connectivity index (χ0) is 17.9. The lowest BCUT2D eigenvalue weighted by Gasteiger charge is -2.25. The highest BCUT2D eigenvalue weighted by atomic mass is 19.1. The Balaban J connectivity index is 1.36. The van der Waals surface area contributed by atoms with Crippen molar-refractivity contribution in [3.63, 3.8) is 0 Å². The van der Waals surface area contributed by atoms with Crippen molar-refractivity contribution >= 4 is 11.6 Å². The van der Waals surface area contributed by atoms with Crippen LogP contribution in [0.4, 0.5) is 16.0 Å². The molecule has 0 unspecified atom stereocenters. The Morgan fingerprint density at radius 2 is 2.08 bits per heavy atom. The SMILES string of the molecule is CC1CCC(COc2nc(Nc3cnn(C4COC4)c3)ncc2F)CC1. The summed E-state index contributed by atoms with van der Waals surface area (Å²) < 4.78 is 26.6. The van der Waals surface area contributed by atoms with Crippen molar-refractivity contribution in [2.24, 2.45) is 11.8 Å². The van der Waals surface area contributed by atoms with Gasteiger partial charge in [0, 0.05) is 6.20 Å². The highest BCUT2D eigenvalue weighted by Gasteiger charge is 2.22. The topological polar surface area (TPSA) is 74.1 Å². The maximum Gasteiger partial charge on any atom is 0.255 e. The molecule has 2 aromatic heterocycles. The third-order valence-electron chi connectivity index (χ3n) is 5.16. The van der Waals surface area contributed by atoms with Gasteiger partial charge < -0.3 is 14.8 Å². The highest BCUT2D eigenvalue weighted by molar-refractivity contribution is 5.50. The van der Waals surface area contributed by atoms with Gasteiger partial charge in [-0.05, 0) is 24.7 Å². The van der Waals surface area contributed by atoms with E-state index < -0.39 is 5.82 Å². The van der Waals surface area contributed by atoms with Crippen molar-refractivity contribution in [2.45, 2.75) is 38.6 Å². The summed E-state index contributed by atoms with van der Waals surface area (Å²) in [5, 5.41) is 7.34. The number of ether oxygens (including phenoxy) is 2. The van der Waals surface area contributed by atoms with E-state index in [1.54, 1.807) is 6.20 Å². The second-order valence-corrected chi connectivity index (χ2v) is 7.31. The van der Waals surface area contributed by atoms with Gasteiger partial charge in [0.15, 0.2) is 0 Å². The van der Waals surface area contributed by atoms with Crippen LogP contribution in [0, 0.1) is 17.7 Å². The zero-order valence-electron chi connectivity index (χ0n) is 14.9. The van der Waals surface area contributed by atoms with Gasteiger partial charge in [-0.1, -0.05) is 19.8 Å². The molecule has 140 valence electrons. The lowest BCUT2D eigenvalue weighted by molar-refractivity contribution is -0.0286. The van der Waals surface area contributed by atoms with Crippen molar-refractivity contribution < 1.29 is 13.9 Å². The molecule has 2 fully saturated rings. The Bertz CT molecular complexity index is 741. The van der Waals surface area contributed by atoms with Gasteiger partial charge in [0.25, 0.3) is 5.88 Å². The molecule has 0 bridgehead atoms. The minimum Gasteiger partial charge on any atom is -0.475 e. The minimum absolute atomic E-state index is 0.000840. The first-order chi connectivity index (χ1) is 12.7. The van der Waals surface area contributed by atoms with Crippen LogP contribution in [0.15, 0.2) is 18.6 Å². The summed E-state index contributed by atoms with van der Waals surface area (Å²) in [7, 11) is 0. The lowest BCUT2D eigenvalue weighted by Crippen LogP contribution is -2.30. The molecule has 0 atom stereocenters. The lowest BCUT2D eigenvalue weighted by atomic mass is 9.83. The number of aromatic nitrogens is 4. The van der Waals surface area contributed by atoms with E-state index in [-0.39, 0.29) is 11.9 Å². The highest BCUT2D eigenvalue weighted by Crippen LogP contribution is 2.29. The minimum atomic E-state index is -0.540. The van der Waals surface area contributed by atoms with E-state index in [2.05, 4.69) is 27.3 Å². The van der Waals surface area contributed by atoms with E-state index in [0.29, 0.717) is 31.7 Å². The standard InChI is InChI=1S/C18H24FN5O2/c1-12-2-4-13(5-3-12)9-26-17-16(19)7-20-18(23-17)22-14-6-21-24(8-14)15-10-25-11-15/h6-8,12-13,15H,2-5,9-11H2,1H3,(H,20,22,23). The molecule has 2 aromatic rings. The fourth-order valence-electron chi connectivity index (χ4n) is 3.31. The molecule has 7 nitrogen and oxygen atoms in total. The monoisotopic (exact) mass is 361 g/mol. The normalized spacial score (nSPS) is 23.5. The van der Waals surface area contributed by atoms with Gasteiger partial charge in [0.1, 0.15) is 0 Å². The molecule has 0 aromatic carbocycles. The third kappa shape index (κ3) is 3.95. The Morgan fingerprint density at radius 3 is 2.81 bits per heavy atom. The average molecular weight is 361 g/mol. The van der Waals surface area contributed by atoms with Crippen LogP contribution >= 0.6 is 0 Å². The molecular formula is C18H24FN5O2. The van der Waals surface area contributed by atoms with E-state index in [4.69, 9.17) is 9.47 Å². The summed E-state index contributed by atoms with van der Waals surface area (Å²) in [6, 6.07) is 0.275. The molecule has 0 radical (unpaired) electrons. The number of anilines is 2. The molecule has 4 rings (SSSR count). The Labute approximate surface area is 151 Å². The molecule has 1 N–H and O–H groups in total. The second kappa shape index (κ2) is 7.57. The zero-order valence-corrected chi connectivity index (χ0v) is 14.9.